The summed E-state index contributed by atoms with van der Waals surface area (Å²) >= 11 is 0. The van der Waals surface area contributed by atoms with Crippen molar-refractivity contribution in [3.05, 3.63) is 0 Å². The van der Waals surface area contributed by atoms with Gasteiger partial charge >= 0.3 is 0 Å². The van der Waals surface area contributed by atoms with Crippen LogP contribution in [0.25, 0.3) is 0 Å². The minimum atomic E-state index is 0.736. The van der Waals surface area contributed by atoms with Crippen molar-refractivity contribution in [2.24, 2.45) is 5.92 Å². The van der Waals surface area contributed by atoms with E-state index in [-0.39, 0.29) is 0 Å². The van der Waals surface area contributed by atoms with E-state index in [2.05, 4.69) is 17.7 Å². The highest BCUT2D eigenvalue weighted by Gasteiger charge is 2.28. The molecule has 0 aromatic rings. The zero-order chi connectivity index (χ0) is 8.39. The standard InChI is InChI=1S/C10H20N2/c1-11-10(8-3-2-4-8)7-12-9-5-6-9/h8-12H,2-7H2,1H3. The second-order valence-corrected chi connectivity index (χ2v) is 4.27. The molecule has 0 saturated heterocycles. The Morgan fingerprint density at radius 1 is 1.25 bits per heavy atom. The van der Waals surface area contributed by atoms with Gasteiger partial charge in [-0.3, -0.25) is 0 Å². The van der Waals surface area contributed by atoms with Crippen LogP contribution in [0.5, 0.6) is 0 Å². The Morgan fingerprint density at radius 3 is 2.42 bits per heavy atom. The highest BCUT2D eigenvalue weighted by Crippen LogP contribution is 2.29. The maximum atomic E-state index is 3.59. The van der Waals surface area contributed by atoms with Gasteiger partial charge in [-0.1, -0.05) is 6.42 Å². The van der Waals surface area contributed by atoms with Gasteiger partial charge in [-0.15, -0.1) is 0 Å². The smallest absolute Gasteiger partial charge is 0.0217 e. The summed E-state index contributed by atoms with van der Waals surface area (Å²) in [5.41, 5.74) is 0. The minimum Gasteiger partial charge on any atom is -0.315 e. The van der Waals surface area contributed by atoms with Gasteiger partial charge in [0.2, 0.25) is 0 Å². The second kappa shape index (κ2) is 3.75. The van der Waals surface area contributed by atoms with E-state index in [4.69, 9.17) is 0 Å². The van der Waals surface area contributed by atoms with Gasteiger partial charge in [0.25, 0.3) is 0 Å². The second-order valence-electron chi connectivity index (χ2n) is 4.27. The highest BCUT2D eigenvalue weighted by atomic mass is 15.0. The Bertz CT molecular complexity index is 139. The fourth-order valence-corrected chi connectivity index (χ4v) is 1.93. The van der Waals surface area contributed by atoms with Crippen molar-refractivity contribution in [2.45, 2.75) is 44.2 Å². The Hall–Kier alpha value is -0.0800. The third-order valence-electron chi connectivity index (χ3n) is 3.29. The van der Waals surface area contributed by atoms with Crippen molar-refractivity contribution in [1.82, 2.24) is 10.6 Å². The largest absolute Gasteiger partial charge is 0.315 e. The van der Waals surface area contributed by atoms with Crippen LogP contribution in [0.3, 0.4) is 0 Å². The van der Waals surface area contributed by atoms with Gasteiger partial charge in [0, 0.05) is 18.6 Å². The fraction of sp³-hybridized carbons (Fsp3) is 1.00. The number of nitrogens with one attached hydrogen (secondary N) is 2. The summed E-state index contributed by atoms with van der Waals surface area (Å²) in [7, 11) is 2.09. The maximum absolute atomic E-state index is 3.59. The van der Waals surface area contributed by atoms with Crippen LogP contribution in [0.2, 0.25) is 0 Å². The summed E-state index contributed by atoms with van der Waals surface area (Å²) in [6.07, 6.45) is 7.14. The summed E-state index contributed by atoms with van der Waals surface area (Å²) < 4.78 is 0. The molecule has 12 heavy (non-hydrogen) atoms. The van der Waals surface area contributed by atoms with Gasteiger partial charge in [0.1, 0.15) is 0 Å². The van der Waals surface area contributed by atoms with Crippen LogP contribution in [0.15, 0.2) is 0 Å². The number of hydrogen-bond acceptors (Lipinski definition) is 2. The van der Waals surface area contributed by atoms with Gasteiger partial charge in [-0.25, -0.2) is 0 Å². The molecule has 0 aromatic carbocycles. The molecule has 2 rings (SSSR count). The SMILES string of the molecule is CNC(CNC1CC1)C1CCC1. The van der Waals surface area contributed by atoms with E-state index in [1.165, 1.54) is 38.6 Å². The molecule has 2 nitrogen and oxygen atoms in total. The van der Waals surface area contributed by atoms with Gasteiger partial charge < -0.3 is 10.6 Å². The van der Waals surface area contributed by atoms with E-state index in [0.717, 1.165) is 18.0 Å². The van der Waals surface area contributed by atoms with Crippen molar-refractivity contribution in [3.8, 4) is 0 Å². The average Bonchev–Trinajstić information content (AvgIpc) is 2.76. The van der Waals surface area contributed by atoms with Gasteiger partial charge in [-0.05, 0) is 38.6 Å². The van der Waals surface area contributed by atoms with E-state index in [1.54, 1.807) is 0 Å². The third-order valence-corrected chi connectivity index (χ3v) is 3.29. The normalized spacial score (nSPS) is 26.8. The molecule has 0 amide bonds. The van der Waals surface area contributed by atoms with Gasteiger partial charge in [0.15, 0.2) is 0 Å². The molecule has 2 N–H and O–H groups in total. The monoisotopic (exact) mass is 168 g/mol. The first-order valence-electron chi connectivity index (χ1n) is 5.31. The molecule has 0 aromatic heterocycles. The van der Waals surface area contributed by atoms with E-state index in [1.807, 2.05) is 0 Å². The molecule has 2 heteroatoms. The van der Waals surface area contributed by atoms with E-state index < -0.39 is 0 Å². The molecule has 0 spiro atoms. The Kier molecular flexibility index (Phi) is 2.66. The zero-order valence-electron chi connectivity index (χ0n) is 7.97. The molecule has 1 unspecified atom stereocenters. The number of likely N-dealkylation sites (N-methyl/N-ethyl adjacent to an activating group) is 1. The molecule has 2 aliphatic rings. The molecular formula is C10H20N2. The van der Waals surface area contributed by atoms with Crippen LogP contribution < -0.4 is 10.6 Å². The molecule has 70 valence electrons. The fourth-order valence-electron chi connectivity index (χ4n) is 1.93. The first-order chi connectivity index (χ1) is 5.90. The van der Waals surface area contributed by atoms with Crippen molar-refractivity contribution in [3.63, 3.8) is 0 Å². The third kappa shape index (κ3) is 1.99. The molecule has 1 atom stereocenters. The summed E-state index contributed by atoms with van der Waals surface area (Å²) in [6.45, 7) is 1.19. The quantitative estimate of drug-likeness (QED) is 0.643. The molecule has 0 heterocycles. The molecule has 0 aliphatic heterocycles. The van der Waals surface area contributed by atoms with Crippen LogP contribution in [0.4, 0.5) is 0 Å². The highest BCUT2D eigenvalue weighted by molar-refractivity contribution is 4.87. The Labute approximate surface area is 75.1 Å². The van der Waals surface area contributed by atoms with Crippen molar-refractivity contribution in [2.75, 3.05) is 13.6 Å². The molecule has 0 bridgehead atoms. The van der Waals surface area contributed by atoms with Crippen LogP contribution in [-0.4, -0.2) is 25.7 Å². The lowest BCUT2D eigenvalue weighted by molar-refractivity contribution is 0.231. The lowest BCUT2D eigenvalue weighted by atomic mass is 9.80. The predicted octanol–water partition coefficient (Wildman–Crippen LogP) is 1.13. The summed E-state index contributed by atoms with van der Waals surface area (Å²) in [5, 5.41) is 7.02. The van der Waals surface area contributed by atoms with E-state index in [0.29, 0.717) is 0 Å². The summed E-state index contributed by atoms with van der Waals surface area (Å²) in [4.78, 5) is 0. The molecule has 2 fully saturated rings. The van der Waals surface area contributed by atoms with Gasteiger partial charge in [-0.2, -0.15) is 0 Å². The van der Waals surface area contributed by atoms with Crippen molar-refractivity contribution in [1.29, 1.82) is 0 Å². The van der Waals surface area contributed by atoms with Gasteiger partial charge in [0.05, 0.1) is 0 Å². The summed E-state index contributed by atoms with van der Waals surface area (Å²) in [6, 6.07) is 1.60. The summed E-state index contributed by atoms with van der Waals surface area (Å²) in [5.74, 6) is 0.959. The lowest BCUT2D eigenvalue weighted by Crippen LogP contribution is -2.45. The zero-order valence-corrected chi connectivity index (χ0v) is 7.97. The predicted molar refractivity (Wildman–Crippen MR) is 51.2 cm³/mol. The Morgan fingerprint density at radius 2 is 2.00 bits per heavy atom. The Balaban J connectivity index is 1.65. The van der Waals surface area contributed by atoms with Crippen molar-refractivity contribution < 1.29 is 0 Å². The topological polar surface area (TPSA) is 24.1 Å². The number of hydrogen-bond donors (Lipinski definition) is 2. The van der Waals surface area contributed by atoms with Crippen LogP contribution in [0, 0.1) is 5.92 Å². The molecule has 2 saturated carbocycles. The molecule has 2 aliphatic carbocycles. The van der Waals surface area contributed by atoms with E-state index in [9.17, 15) is 0 Å². The van der Waals surface area contributed by atoms with E-state index >= 15 is 0 Å². The van der Waals surface area contributed by atoms with Crippen LogP contribution >= 0.6 is 0 Å². The van der Waals surface area contributed by atoms with Crippen LogP contribution in [-0.2, 0) is 0 Å². The lowest BCUT2D eigenvalue weighted by Gasteiger charge is -2.33. The van der Waals surface area contributed by atoms with Crippen molar-refractivity contribution >= 4 is 0 Å². The molecule has 0 radical (unpaired) electrons. The van der Waals surface area contributed by atoms with Crippen LogP contribution in [0.1, 0.15) is 32.1 Å². The number of rotatable bonds is 5. The first-order valence-corrected chi connectivity index (χ1v) is 5.31. The first kappa shape index (κ1) is 8.52. The molecular weight excluding hydrogens is 148 g/mol. The minimum absolute atomic E-state index is 0.736. The average molecular weight is 168 g/mol. The maximum Gasteiger partial charge on any atom is 0.0217 e.